The third-order valence-corrected chi connectivity index (χ3v) is 4.23. The summed E-state index contributed by atoms with van der Waals surface area (Å²) < 4.78 is 45.1. The summed E-state index contributed by atoms with van der Waals surface area (Å²) in [6, 6.07) is -0.136. The molecule has 0 spiro atoms. The Morgan fingerprint density at radius 1 is 1.32 bits per heavy atom. The summed E-state index contributed by atoms with van der Waals surface area (Å²) in [6.07, 6.45) is 2.28. The molecule has 4 heterocycles. The molecule has 2 atom stereocenters. The summed E-state index contributed by atoms with van der Waals surface area (Å²) in [5.41, 5.74) is 0.367. The molecule has 0 saturated carbocycles. The van der Waals surface area contributed by atoms with E-state index in [4.69, 9.17) is 13.5 Å². The Labute approximate surface area is 163 Å². The van der Waals surface area contributed by atoms with E-state index in [2.05, 4.69) is 19.6 Å². The molecule has 2 fully saturated rings. The second kappa shape index (κ2) is 6.66. The molecule has 1 radical (unpaired) electrons. The minimum atomic E-state index is -4.78. The van der Waals surface area contributed by atoms with E-state index in [1.54, 1.807) is 6.07 Å². The normalized spacial score (nSPS) is 23.0. The van der Waals surface area contributed by atoms with Gasteiger partial charge in [-0.3, -0.25) is 4.55 Å². The van der Waals surface area contributed by atoms with E-state index in [9.17, 15) is 13.2 Å². The summed E-state index contributed by atoms with van der Waals surface area (Å²) in [7, 11) is -4.78. The van der Waals surface area contributed by atoms with Gasteiger partial charge < -0.3 is 13.8 Å². The largest absolute Gasteiger partial charge is 0.418 e. The molecule has 2 saturated heterocycles. The first-order valence-electron chi connectivity index (χ1n) is 6.93. The van der Waals surface area contributed by atoms with Crippen molar-refractivity contribution in [3.63, 3.8) is 0 Å². The Hall–Kier alpha value is -1.51. The van der Waals surface area contributed by atoms with Crippen LogP contribution >= 0.6 is 0 Å². The molecular weight excluding hydrogens is 369 g/mol. The van der Waals surface area contributed by atoms with Gasteiger partial charge in [0.2, 0.25) is 5.89 Å². The Morgan fingerprint density at radius 3 is 2.80 bits per heavy atom. The van der Waals surface area contributed by atoms with Crippen molar-refractivity contribution >= 4 is 46.0 Å². The molecule has 2 aromatic heterocycles. The second-order valence-electron chi connectivity index (χ2n) is 5.34. The SMILES string of the molecule is O=C1N2C[C@@H](CC[C@H]2c2nnc(-c3ccon3)o2)N1OS(=O)(=O)O.[Na]. The van der Waals surface area contributed by atoms with Gasteiger partial charge in [-0.05, 0) is 12.8 Å². The van der Waals surface area contributed by atoms with E-state index in [0.29, 0.717) is 23.6 Å². The molecule has 0 aliphatic carbocycles. The smallest absolute Gasteiger partial charge is 0.417 e. The number of hydrogen-bond donors (Lipinski definition) is 1. The van der Waals surface area contributed by atoms with Crippen molar-refractivity contribution in [3.05, 3.63) is 18.2 Å². The fourth-order valence-corrected chi connectivity index (χ4v) is 3.27. The van der Waals surface area contributed by atoms with Gasteiger partial charge in [0.15, 0.2) is 5.69 Å². The summed E-state index contributed by atoms with van der Waals surface area (Å²) in [4.78, 5) is 13.7. The van der Waals surface area contributed by atoms with Crippen molar-refractivity contribution in [2.75, 3.05) is 6.54 Å². The van der Waals surface area contributed by atoms with Crippen LogP contribution in [0.1, 0.15) is 24.8 Å². The number of hydrogen-bond acceptors (Lipinski definition) is 9. The summed E-state index contributed by atoms with van der Waals surface area (Å²) in [6.45, 7) is 0.223. The van der Waals surface area contributed by atoms with Gasteiger partial charge in [-0.25, -0.2) is 4.79 Å². The van der Waals surface area contributed by atoms with E-state index in [-0.39, 0.29) is 47.9 Å². The van der Waals surface area contributed by atoms with Gasteiger partial charge in [-0.1, -0.05) is 5.16 Å². The Bertz CT molecular complexity index is 869. The average molecular weight is 380 g/mol. The van der Waals surface area contributed by atoms with Gasteiger partial charge in [0, 0.05) is 42.2 Å². The van der Waals surface area contributed by atoms with Gasteiger partial charge >= 0.3 is 16.4 Å². The van der Waals surface area contributed by atoms with Gasteiger partial charge in [-0.2, -0.15) is 13.5 Å². The number of rotatable bonds is 4. The standard InChI is InChI=1S/C11H11N5O7S.Na/c17-11-15-5-6(16(11)23-24(18,19)20)1-2-8(15)10-13-12-9(22-10)7-3-4-21-14-7;/h3-4,6,8H,1-2,5H2,(H,18,19,20);/t6-,8+;/m1./s1. The maximum absolute atomic E-state index is 12.3. The molecule has 4 rings (SSSR count). The molecule has 2 aliphatic rings. The van der Waals surface area contributed by atoms with Gasteiger partial charge in [0.1, 0.15) is 12.3 Å². The second-order valence-corrected chi connectivity index (χ2v) is 6.34. The average Bonchev–Trinajstić information content (AvgIpc) is 3.24. The predicted molar refractivity (Wildman–Crippen MR) is 77.9 cm³/mol. The van der Waals surface area contributed by atoms with Crippen LogP contribution in [-0.2, 0) is 14.7 Å². The Morgan fingerprint density at radius 2 is 2.12 bits per heavy atom. The Kier molecular flexibility index (Phi) is 4.87. The zero-order valence-electron chi connectivity index (χ0n) is 13.0. The van der Waals surface area contributed by atoms with E-state index in [1.807, 2.05) is 0 Å². The molecule has 2 bridgehead atoms. The van der Waals surface area contributed by atoms with Crippen molar-refractivity contribution in [1.29, 1.82) is 0 Å². The van der Waals surface area contributed by atoms with Crippen molar-refractivity contribution in [3.8, 4) is 11.6 Å². The van der Waals surface area contributed by atoms with Crippen molar-refractivity contribution < 1.29 is 31.0 Å². The van der Waals surface area contributed by atoms with Crippen LogP contribution in [0.15, 0.2) is 21.3 Å². The van der Waals surface area contributed by atoms with Gasteiger partial charge in [0.25, 0.3) is 5.89 Å². The summed E-state index contributed by atoms with van der Waals surface area (Å²) in [5, 5.41) is 12.1. The van der Waals surface area contributed by atoms with Crippen LogP contribution < -0.4 is 0 Å². The van der Waals surface area contributed by atoms with E-state index < -0.39 is 28.5 Å². The number of hydroxylamine groups is 2. The van der Waals surface area contributed by atoms with Crippen LogP contribution in [-0.4, -0.2) is 86.5 Å². The van der Waals surface area contributed by atoms with E-state index in [1.165, 1.54) is 11.2 Å². The van der Waals surface area contributed by atoms with Crippen molar-refractivity contribution in [2.45, 2.75) is 24.9 Å². The zero-order chi connectivity index (χ0) is 16.9. The fourth-order valence-electron chi connectivity index (χ4n) is 2.88. The molecule has 129 valence electrons. The first-order chi connectivity index (χ1) is 11.4. The molecule has 0 unspecified atom stereocenters. The number of amides is 2. The number of urea groups is 1. The number of aromatic nitrogens is 3. The molecule has 14 heteroatoms. The summed E-state index contributed by atoms with van der Waals surface area (Å²) in [5.74, 6) is 0.354. The molecule has 0 aromatic carbocycles. The monoisotopic (exact) mass is 380 g/mol. The van der Waals surface area contributed by atoms with Gasteiger partial charge in [-0.15, -0.1) is 14.5 Å². The van der Waals surface area contributed by atoms with Crippen LogP contribution in [0.5, 0.6) is 0 Å². The minimum Gasteiger partial charge on any atom is -0.417 e. The first-order valence-corrected chi connectivity index (χ1v) is 8.30. The van der Waals surface area contributed by atoms with Crippen molar-refractivity contribution in [1.82, 2.24) is 25.3 Å². The maximum Gasteiger partial charge on any atom is 0.418 e. The fraction of sp³-hybridized carbons (Fsp3) is 0.455. The van der Waals surface area contributed by atoms with Crippen LogP contribution in [0.4, 0.5) is 4.79 Å². The molecular formula is C11H11N5NaO7S. The molecule has 2 aromatic rings. The van der Waals surface area contributed by atoms with Crippen LogP contribution in [0, 0.1) is 0 Å². The predicted octanol–water partition coefficient (Wildman–Crippen LogP) is 0.0193. The maximum atomic E-state index is 12.3. The number of piperidine rings is 1. The third-order valence-electron chi connectivity index (χ3n) is 3.88. The number of nitrogens with zero attached hydrogens (tertiary/aromatic N) is 5. The molecule has 1 N–H and O–H groups in total. The topological polar surface area (TPSA) is 152 Å². The molecule has 12 nitrogen and oxygen atoms in total. The van der Waals surface area contributed by atoms with E-state index in [0.717, 1.165) is 0 Å². The van der Waals surface area contributed by atoms with Crippen LogP contribution in [0.3, 0.4) is 0 Å². The molecule has 25 heavy (non-hydrogen) atoms. The molecule has 2 amide bonds. The summed E-state index contributed by atoms with van der Waals surface area (Å²) >= 11 is 0. The quantitative estimate of drug-likeness (QED) is 0.567. The number of carbonyl (C=O) groups excluding carboxylic acids is 1. The van der Waals surface area contributed by atoms with Crippen LogP contribution in [0.25, 0.3) is 11.6 Å². The zero-order valence-corrected chi connectivity index (χ0v) is 15.8. The molecule has 2 aliphatic heterocycles. The first kappa shape index (κ1) is 18.3. The third kappa shape index (κ3) is 3.43. The number of carbonyl (C=O) groups is 1. The van der Waals surface area contributed by atoms with Crippen molar-refractivity contribution in [2.24, 2.45) is 0 Å². The van der Waals surface area contributed by atoms with E-state index >= 15 is 0 Å². The van der Waals surface area contributed by atoms with Crippen LogP contribution in [0.2, 0.25) is 0 Å². The Balaban J connectivity index is 0.00000182. The number of fused-ring (bicyclic) bond motifs is 2. The van der Waals surface area contributed by atoms with Gasteiger partial charge in [0.05, 0.1) is 6.04 Å². The minimum absolute atomic E-state index is 0.